The van der Waals surface area contributed by atoms with Gasteiger partial charge in [0.15, 0.2) is 5.69 Å². The van der Waals surface area contributed by atoms with Crippen LogP contribution in [-0.4, -0.2) is 52.1 Å². The number of hydrogen-bond acceptors (Lipinski definition) is 3. The Balaban J connectivity index is 1.26. The van der Waals surface area contributed by atoms with Crippen LogP contribution in [0.15, 0.2) is 24.3 Å². The Kier molecular flexibility index (Phi) is 4.90. The maximum atomic E-state index is 13.2. The second-order valence-electron chi connectivity index (χ2n) is 9.15. The molecule has 0 bridgehead atoms. The molecule has 6 heteroatoms. The predicted molar refractivity (Wildman–Crippen MR) is 109 cm³/mol. The zero-order valence-electron chi connectivity index (χ0n) is 16.9. The first kappa shape index (κ1) is 18.8. The van der Waals surface area contributed by atoms with Crippen molar-refractivity contribution in [1.29, 1.82) is 0 Å². The Morgan fingerprint density at radius 1 is 1.07 bits per heavy atom. The smallest absolute Gasteiger partial charge is 0.274 e. The summed E-state index contributed by atoms with van der Waals surface area (Å²) in [5, 5.41) is 7.50. The van der Waals surface area contributed by atoms with Crippen molar-refractivity contribution >= 4 is 5.91 Å². The van der Waals surface area contributed by atoms with Gasteiger partial charge in [0.05, 0.1) is 0 Å². The third-order valence-corrected chi connectivity index (χ3v) is 7.04. The molecule has 1 aromatic carbocycles. The molecule has 0 unspecified atom stereocenters. The minimum atomic E-state index is -0.186. The van der Waals surface area contributed by atoms with E-state index in [1.165, 1.54) is 25.0 Å². The van der Waals surface area contributed by atoms with Gasteiger partial charge in [-0.2, -0.15) is 5.10 Å². The van der Waals surface area contributed by atoms with E-state index in [1.807, 2.05) is 17.0 Å². The van der Waals surface area contributed by atoms with Gasteiger partial charge >= 0.3 is 0 Å². The van der Waals surface area contributed by atoms with E-state index < -0.39 is 0 Å². The van der Waals surface area contributed by atoms with Gasteiger partial charge in [-0.3, -0.25) is 14.8 Å². The molecule has 0 radical (unpaired) electrons. The van der Waals surface area contributed by atoms with Crippen molar-refractivity contribution in [3.05, 3.63) is 52.6 Å². The van der Waals surface area contributed by atoms with Crippen LogP contribution in [0.25, 0.3) is 0 Å². The van der Waals surface area contributed by atoms with Crippen LogP contribution in [0.4, 0.5) is 4.39 Å². The molecular weight excluding hydrogens is 367 g/mol. The summed E-state index contributed by atoms with van der Waals surface area (Å²) in [7, 11) is 0. The van der Waals surface area contributed by atoms with Gasteiger partial charge in [-0.1, -0.05) is 12.1 Å². The van der Waals surface area contributed by atoms with Gasteiger partial charge in [0.2, 0.25) is 0 Å². The Morgan fingerprint density at radius 2 is 1.90 bits per heavy atom. The average Bonchev–Trinajstić information content (AvgIpc) is 3.34. The lowest BCUT2D eigenvalue weighted by Crippen LogP contribution is -2.45. The van der Waals surface area contributed by atoms with Crippen molar-refractivity contribution in [2.75, 3.05) is 26.2 Å². The van der Waals surface area contributed by atoms with Gasteiger partial charge in [-0.15, -0.1) is 0 Å². The highest BCUT2D eigenvalue weighted by atomic mass is 19.1. The van der Waals surface area contributed by atoms with Crippen LogP contribution in [0, 0.1) is 11.2 Å². The first-order chi connectivity index (χ1) is 14.1. The highest BCUT2D eigenvalue weighted by Crippen LogP contribution is 2.40. The van der Waals surface area contributed by atoms with E-state index in [4.69, 9.17) is 0 Å². The average molecular weight is 397 g/mol. The van der Waals surface area contributed by atoms with Crippen LogP contribution in [-0.2, 0) is 19.4 Å². The number of likely N-dealkylation sites (tertiary alicyclic amines) is 2. The van der Waals surface area contributed by atoms with Crippen molar-refractivity contribution in [2.45, 2.75) is 51.5 Å². The number of aromatic amines is 1. The Labute approximate surface area is 171 Å². The van der Waals surface area contributed by atoms with E-state index in [9.17, 15) is 9.18 Å². The molecule has 3 heterocycles. The number of H-pyrrole nitrogens is 1. The summed E-state index contributed by atoms with van der Waals surface area (Å²) in [5.74, 6) is -0.0775. The quantitative estimate of drug-likeness (QED) is 0.863. The van der Waals surface area contributed by atoms with E-state index >= 15 is 0 Å². The number of aryl methyl sites for hydroxylation is 1. The fourth-order valence-electron chi connectivity index (χ4n) is 5.54. The van der Waals surface area contributed by atoms with Crippen molar-refractivity contribution in [2.24, 2.45) is 5.41 Å². The van der Waals surface area contributed by atoms with Crippen molar-refractivity contribution in [3.63, 3.8) is 0 Å². The molecule has 2 aliphatic heterocycles. The summed E-state index contributed by atoms with van der Waals surface area (Å²) in [6, 6.07) is 6.83. The molecule has 2 aromatic rings. The lowest BCUT2D eigenvalue weighted by Gasteiger charge is -2.40. The first-order valence-electron chi connectivity index (χ1n) is 10.9. The van der Waals surface area contributed by atoms with Gasteiger partial charge in [0, 0.05) is 42.9 Å². The van der Waals surface area contributed by atoms with Gasteiger partial charge in [0.25, 0.3) is 5.91 Å². The topological polar surface area (TPSA) is 52.2 Å². The molecular formula is C23H29FN4O. The fourth-order valence-corrected chi connectivity index (χ4v) is 5.54. The van der Waals surface area contributed by atoms with E-state index in [0.29, 0.717) is 5.69 Å². The molecule has 1 amide bonds. The van der Waals surface area contributed by atoms with Crippen molar-refractivity contribution in [3.8, 4) is 0 Å². The molecule has 1 aromatic heterocycles. The number of halogens is 1. The van der Waals surface area contributed by atoms with Gasteiger partial charge in [0.1, 0.15) is 5.82 Å². The molecule has 0 saturated carbocycles. The van der Waals surface area contributed by atoms with E-state index in [-0.39, 0.29) is 17.1 Å². The van der Waals surface area contributed by atoms with Crippen molar-refractivity contribution < 1.29 is 9.18 Å². The summed E-state index contributed by atoms with van der Waals surface area (Å²) in [6.45, 7) is 4.58. The number of nitrogens with zero attached hydrogens (tertiary/aromatic N) is 3. The summed E-state index contributed by atoms with van der Waals surface area (Å²) in [5.41, 5.74) is 4.32. The van der Waals surface area contributed by atoms with Gasteiger partial charge in [-0.25, -0.2) is 4.39 Å². The summed E-state index contributed by atoms with van der Waals surface area (Å²) in [4.78, 5) is 17.7. The van der Waals surface area contributed by atoms with Crippen LogP contribution in [0.1, 0.15) is 59.4 Å². The molecule has 2 saturated heterocycles. The third-order valence-electron chi connectivity index (χ3n) is 7.04. The lowest BCUT2D eigenvalue weighted by atomic mass is 9.79. The van der Waals surface area contributed by atoms with Crippen LogP contribution in [0.2, 0.25) is 0 Å². The Morgan fingerprint density at radius 3 is 2.76 bits per heavy atom. The molecule has 5 nitrogen and oxygen atoms in total. The summed E-state index contributed by atoms with van der Waals surface area (Å²) < 4.78 is 13.2. The third kappa shape index (κ3) is 3.70. The van der Waals surface area contributed by atoms with E-state index in [1.54, 1.807) is 0 Å². The fraction of sp³-hybridized carbons (Fsp3) is 0.565. The molecule has 154 valence electrons. The minimum absolute atomic E-state index is 0.108. The van der Waals surface area contributed by atoms with Crippen LogP contribution in [0.5, 0.6) is 0 Å². The predicted octanol–water partition coefficient (Wildman–Crippen LogP) is 3.56. The number of carbonyl (C=O) groups excluding carboxylic acids is 1. The second kappa shape index (κ2) is 7.56. The standard InChI is InChI=1S/C23H29FN4O/c24-18-8-6-17(7-9-18)14-27-12-3-10-23(15-27)11-13-28(16-23)22(29)21-19-4-1-2-5-20(19)25-26-21/h6-9H,1-5,10-16H2,(H,25,26)/t23-/m0/s1. The number of piperidine rings is 1. The SMILES string of the molecule is O=C(c1n[nH]c2c1CCCC2)N1CC[C@]2(CCCN(Cc3ccc(F)cc3)C2)C1. The molecule has 1 N–H and O–H groups in total. The van der Waals surface area contributed by atoms with Crippen LogP contribution in [0.3, 0.4) is 0 Å². The van der Waals surface area contributed by atoms with Gasteiger partial charge in [-0.05, 0) is 69.2 Å². The lowest BCUT2D eigenvalue weighted by molar-refractivity contribution is 0.0670. The maximum absolute atomic E-state index is 13.2. The molecule has 3 aliphatic rings. The Bertz CT molecular complexity index is 893. The molecule has 1 atom stereocenters. The Hall–Kier alpha value is -2.21. The number of nitrogens with one attached hydrogen (secondary N) is 1. The summed E-state index contributed by atoms with van der Waals surface area (Å²) in [6.07, 6.45) is 7.70. The first-order valence-corrected chi connectivity index (χ1v) is 10.9. The maximum Gasteiger partial charge on any atom is 0.274 e. The molecule has 1 aliphatic carbocycles. The van der Waals surface area contributed by atoms with E-state index in [2.05, 4.69) is 15.1 Å². The highest BCUT2D eigenvalue weighted by Gasteiger charge is 2.43. The molecule has 5 rings (SSSR count). The molecule has 1 spiro atoms. The van der Waals surface area contributed by atoms with Crippen molar-refractivity contribution in [1.82, 2.24) is 20.0 Å². The molecule has 29 heavy (non-hydrogen) atoms. The second-order valence-corrected chi connectivity index (χ2v) is 9.15. The molecule has 2 fully saturated rings. The highest BCUT2D eigenvalue weighted by molar-refractivity contribution is 5.94. The largest absolute Gasteiger partial charge is 0.337 e. The number of hydrogen-bond donors (Lipinski definition) is 1. The number of benzene rings is 1. The number of rotatable bonds is 3. The van der Waals surface area contributed by atoms with Crippen LogP contribution < -0.4 is 0 Å². The van der Waals surface area contributed by atoms with E-state index in [0.717, 1.165) is 81.6 Å². The summed E-state index contributed by atoms with van der Waals surface area (Å²) >= 11 is 0. The van der Waals surface area contributed by atoms with Crippen LogP contribution >= 0.6 is 0 Å². The number of amides is 1. The number of fused-ring (bicyclic) bond motifs is 1. The minimum Gasteiger partial charge on any atom is -0.337 e. The zero-order chi connectivity index (χ0) is 19.8. The number of aromatic nitrogens is 2. The zero-order valence-corrected chi connectivity index (χ0v) is 16.9. The van der Waals surface area contributed by atoms with Gasteiger partial charge < -0.3 is 4.90 Å². The monoisotopic (exact) mass is 396 g/mol. The number of carbonyl (C=O) groups is 1. The normalized spacial score (nSPS) is 24.8.